The number of benzene rings is 1. The van der Waals surface area contributed by atoms with E-state index < -0.39 is 11.9 Å². The zero-order valence-corrected chi connectivity index (χ0v) is 13.3. The molecule has 0 spiro atoms. The van der Waals surface area contributed by atoms with Crippen molar-refractivity contribution in [3.8, 4) is 11.5 Å². The minimum Gasteiger partial charge on any atom is -0.493 e. The number of ether oxygens (including phenoxy) is 2. The summed E-state index contributed by atoms with van der Waals surface area (Å²) in [4.78, 5) is 24.8. The van der Waals surface area contributed by atoms with Crippen molar-refractivity contribution in [3.63, 3.8) is 0 Å². The minimum absolute atomic E-state index is 0.175. The van der Waals surface area contributed by atoms with Crippen LogP contribution in [0.4, 0.5) is 0 Å². The lowest BCUT2D eigenvalue weighted by Crippen LogP contribution is -2.41. The summed E-state index contributed by atoms with van der Waals surface area (Å²) >= 11 is 0. The third-order valence-corrected chi connectivity index (χ3v) is 3.91. The second kappa shape index (κ2) is 7.67. The molecular formula is C17H21NO5. The van der Waals surface area contributed by atoms with E-state index in [2.05, 4.69) is 0 Å². The van der Waals surface area contributed by atoms with Crippen LogP contribution in [-0.4, -0.2) is 49.2 Å². The van der Waals surface area contributed by atoms with Crippen LogP contribution < -0.4 is 9.47 Å². The fourth-order valence-corrected chi connectivity index (χ4v) is 2.61. The van der Waals surface area contributed by atoms with Crippen molar-refractivity contribution >= 4 is 18.0 Å². The number of piperidine rings is 1. The fourth-order valence-electron chi connectivity index (χ4n) is 2.61. The lowest BCUT2D eigenvalue weighted by atomic mass is 9.98. The highest BCUT2D eigenvalue weighted by atomic mass is 16.5. The molecule has 0 bridgehead atoms. The number of nitrogens with zero attached hydrogens (tertiary/aromatic N) is 1. The average Bonchev–Trinajstić information content (AvgIpc) is 2.59. The van der Waals surface area contributed by atoms with E-state index in [1.165, 1.54) is 6.08 Å². The quantitative estimate of drug-likeness (QED) is 0.841. The van der Waals surface area contributed by atoms with E-state index in [-0.39, 0.29) is 12.5 Å². The third kappa shape index (κ3) is 4.25. The Kier molecular flexibility index (Phi) is 5.62. The lowest BCUT2D eigenvalue weighted by Gasteiger charge is -2.29. The molecule has 1 aliphatic rings. The highest BCUT2D eigenvalue weighted by Gasteiger charge is 2.27. The molecule has 1 heterocycles. The van der Waals surface area contributed by atoms with Crippen molar-refractivity contribution in [2.75, 3.05) is 27.3 Å². The van der Waals surface area contributed by atoms with E-state index in [4.69, 9.17) is 14.6 Å². The Bertz CT molecular complexity index is 611. The van der Waals surface area contributed by atoms with Gasteiger partial charge in [0.15, 0.2) is 11.5 Å². The fraction of sp³-hybridized carbons (Fsp3) is 0.412. The van der Waals surface area contributed by atoms with Crippen molar-refractivity contribution in [2.24, 2.45) is 5.92 Å². The van der Waals surface area contributed by atoms with Crippen molar-refractivity contribution in [3.05, 3.63) is 29.8 Å². The Labute approximate surface area is 135 Å². The molecule has 0 radical (unpaired) electrons. The van der Waals surface area contributed by atoms with Crippen LogP contribution >= 0.6 is 0 Å². The summed E-state index contributed by atoms with van der Waals surface area (Å²) in [6.45, 7) is 0.864. The molecule has 1 aromatic carbocycles. The number of likely N-dealkylation sites (tertiary alicyclic amines) is 1. The molecule has 1 fully saturated rings. The van der Waals surface area contributed by atoms with Crippen LogP contribution in [0, 0.1) is 5.92 Å². The molecule has 0 unspecified atom stereocenters. The van der Waals surface area contributed by atoms with Gasteiger partial charge in [-0.25, -0.2) is 0 Å². The number of carboxylic acid groups (broad SMARTS) is 1. The van der Waals surface area contributed by atoms with Gasteiger partial charge in [-0.1, -0.05) is 6.07 Å². The number of carbonyl (C=O) groups is 2. The average molecular weight is 319 g/mol. The van der Waals surface area contributed by atoms with E-state index in [0.717, 1.165) is 5.56 Å². The summed E-state index contributed by atoms with van der Waals surface area (Å²) in [7, 11) is 3.11. The molecule has 0 saturated carbocycles. The van der Waals surface area contributed by atoms with Crippen molar-refractivity contribution in [1.29, 1.82) is 0 Å². The Morgan fingerprint density at radius 1 is 1.26 bits per heavy atom. The van der Waals surface area contributed by atoms with E-state index in [0.29, 0.717) is 30.9 Å². The molecule has 1 atom stereocenters. The van der Waals surface area contributed by atoms with Gasteiger partial charge in [0.1, 0.15) is 0 Å². The predicted octanol–water partition coefficient (Wildman–Crippen LogP) is 2.04. The topological polar surface area (TPSA) is 76.1 Å². The van der Waals surface area contributed by atoms with Crippen molar-refractivity contribution < 1.29 is 24.2 Å². The minimum atomic E-state index is -0.841. The van der Waals surface area contributed by atoms with Crippen molar-refractivity contribution in [1.82, 2.24) is 4.90 Å². The van der Waals surface area contributed by atoms with Gasteiger partial charge in [0, 0.05) is 19.2 Å². The smallest absolute Gasteiger partial charge is 0.308 e. The Morgan fingerprint density at radius 3 is 2.65 bits per heavy atom. The SMILES string of the molecule is COc1ccc(/C=C/C(=O)N2CCC[C@H](C(=O)O)C2)cc1OC. The van der Waals surface area contributed by atoms with Crippen LogP contribution in [0.1, 0.15) is 18.4 Å². The monoisotopic (exact) mass is 319 g/mol. The molecule has 6 nitrogen and oxygen atoms in total. The zero-order chi connectivity index (χ0) is 16.8. The molecule has 1 N–H and O–H groups in total. The molecule has 1 aliphatic heterocycles. The number of amides is 1. The van der Waals surface area contributed by atoms with Gasteiger partial charge in [-0.3, -0.25) is 9.59 Å². The second-order valence-corrected chi connectivity index (χ2v) is 5.41. The number of methoxy groups -OCH3 is 2. The largest absolute Gasteiger partial charge is 0.493 e. The van der Waals surface area contributed by atoms with Crippen LogP contribution in [-0.2, 0) is 9.59 Å². The van der Waals surface area contributed by atoms with Gasteiger partial charge >= 0.3 is 5.97 Å². The van der Waals surface area contributed by atoms with E-state index in [9.17, 15) is 9.59 Å². The number of aliphatic carboxylic acids is 1. The Morgan fingerprint density at radius 2 is 2.00 bits per heavy atom. The van der Waals surface area contributed by atoms with Crippen molar-refractivity contribution in [2.45, 2.75) is 12.8 Å². The lowest BCUT2D eigenvalue weighted by molar-refractivity contribution is -0.144. The van der Waals surface area contributed by atoms with Crippen LogP contribution in [0.3, 0.4) is 0 Å². The Hall–Kier alpha value is -2.50. The standard InChI is InChI=1S/C17H21NO5/c1-22-14-7-5-12(10-15(14)23-2)6-8-16(19)18-9-3-4-13(11-18)17(20)21/h5-8,10,13H,3-4,9,11H2,1-2H3,(H,20,21)/b8-6+/t13-/m0/s1. The van der Waals surface area contributed by atoms with Gasteiger partial charge in [0.25, 0.3) is 0 Å². The summed E-state index contributed by atoms with van der Waals surface area (Å²) in [5, 5.41) is 9.07. The highest BCUT2D eigenvalue weighted by Crippen LogP contribution is 2.28. The normalized spacial score (nSPS) is 18.0. The summed E-state index contributed by atoms with van der Waals surface area (Å²) in [6.07, 6.45) is 4.49. The van der Waals surface area contributed by atoms with Gasteiger partial charge in [-0.05, 0) is 36.6 Å². The maximum absolute atomic E-state index is 12.2. The molecule has 23 heavy (non-hydrogen) atoms. The number of carbonyl (C=O) groups excluding carboxylic acids is 1. The molecule has 124 valence electrons. The van der Waals surface area contributed by atoms with Gasteiger partial charge < -0.3 is 19.5 Å². The van der Waals surface area contributed by atoms with Gasteiger partial charge in [-0.2, -0.15) is 0 Å². The predicted molar refractivity (Wildman–Crippen MR) is 85.5 cm³/mol. The first-order valence-corrected chi connectivity index (χ1v) is 7.47. The summed E-state index contributed by atoms with van der Waals surface area (Å²) in [5.74, 6) is -0.276. The van der Waals surface area contributed by atoms with E-state index in [1.807, 2.05) is 6.07 Å². The number of carboxylic acids is 1. The maximum Gasteiger partial charge on any atom is 0.308 e. The molecule has 1 aromatic rings. The van der Waals surface area contributed by atoms with E-state index in [1.54, 1.807) is 37.3 Å². The van der Waals surface area contributed by atoms with E-state index >= 15 is 0 Å². The number of hydrogen-bond donors (Lipinski definition) is 1. The summed E-state index contributed by atoms with van der Waals surface area (Å²) in [6, 6.07) is 5.37. The van der Waals surface area contributed by atoms with Gasteiger partial charge in [-0.15, -0.1) is 0 Å². The summed E-state index contributed by atoms with van der Waals surface area (Å²) in [5.41, 5.74) is 0.808. The molecule has 0 aromatic heterocycles. The number of hydrogen-bond acceptors (Lipinski definition) is 4. The van der Waals surface area contributed by atoms with Crippen LogP contribution in [0.15, 0.2) is 24.3 Å². The second-order valence-electron chi connectivity index (χ2n) is 5.41. The molecule has 6 heteroatoms. The summed E-state index contributed by atoms with van der Waals surface area (Å²) < 4.78 is 10.4. The first kappa shape index (κ1) is 16.9. The first-order valence-electron chi connectivity index (χ1n) is 7.47. The number of rotatable bonds is 5. The first-order chi connectivity index (χ1) is 11.0. The molecule has 2 rings (SSSR count). The zero-order valence-electron chi connectivity index (χ0n) is 13.3. The maximum atomic E-state index is 12.2. The van der Waals surface area contributed by atoms with Gasteiger partial charge in [0.05, 0.1) is 20.1 Å². The molecule has 0 aliphatic carbocycles. The highest BCUT2D eigenvalue weighted by molar-refractivity contribution is 5.92. The van der Waals surface area contributed by atoms with Gasteiger partial charge in [0.2, 0.25) is 5.91 Å². The molecule has 1 saturated heterocycles. The molecule has 1 amide bonds. The van der Waals surface area contributed by atoms with Crippen LogP contribution in [0.25, 0.3) is 6.08 Å². The van der Waals surface area contributed by atoms with Crippen LogP contribution in [0.2, 0.25) is 0 Å². The van der Waals surface area contributed by atoms with Crippen LogP contribution in [0.5, 0.6) is 11.5 Å². The third-order valence-electron chi connectivity index (χ3n) is 3.91. The molecular weight excluding hydrogens is 298 g/mol. The Balaban J connectivity index is 2.04.